The molecule has 3 aromatic rings. The van der Waals surface area contributed by atoms with Gasteiger partial charge in [-0.1, -0.05) is 0 Å². The van der Waals surface area contributed by atoms with Gasteiger partial charge in [0.1, 0.15) is 11.3 Å². The molecule has 1 heterocycles. The van der Waals surface area contributed by atoms with Crippen LogP contribution in [0.1, 0.15) is 0 Å². The van der Waals surface area contributed by atoms with Crippen LogP contribution in [0.5, 0.6) is 23.0 Å². The summed E-state index contributed by atoms with van der Waals surface area (Å²) in [7, 11) is 2.99. The molecule has 118 valence electrons. The minimum absolute atomic E-state index is 0.00551. The monoisotopic (exact) mass is 314 g/mol. The van der Waals surface area contributed by atoms with Crippen molar-refractivity contribution in [2.24, 2.45) is 0 Å². The molecular weight excluding hydrogens is 300 g/mol. The number of fused-ring (bicyclic) bond motifs is 1. The lowest BCUT2D eigenvalue weighted by atomic mass is 10.1. The van der Waals surface area contributed by atoms with Crippen LogP contribution in [0.3, 0.4) is 0 Å². The zero-order valence-electron chi connectivity index (χ0n) is 12.5. The zero-order valence-corrected chi connectivity index (χ0v) is 12.5. The third-order valence-electron chi connectivity index (χ3n) is 3.50. The van der Waals surface area contributed by atoms with E-state index in [2.05, 4.69) is 0 Å². The molecule has 1 aromatic heterocycles. The molecule has 0 fully saturated rings. The van der Waals surface area contributed by atoms with Gasteiger partial charge in [-0.05, 0) is 30.3 Å². The predicted octanol–water partition coefficient (Wildman–Crippen LogP) is 2.89. The Bertz CT molecular complexity index is 942. The molecule has 0 saturated heterocycles. The number of hydrogen-bond donors (Lipinski definition) is 2. The molecule has 0 spiro atoms. The lowest BCUT2D eigenvalue weighted by molar-refractivity contribution is 0.355. The van der Waals surface area contributed by atoms with E-state index in [0.717, 1.165) is 0 Å². The Labute approximate surface area is 131 Å². The summed E-state index contributed by atoms with van der Waals surface area (Å²) in [6.45, 7) is 0. The normalized spacial score (nSPS) is 10.7. The molecule has 2 aromatic carbocycles. The molecule has 0 atom stereocenters. The van der Waals surface area contributed by atoms with E-state index in [1.807, 2.05) is 0 Å². The lowest BCUT2D eigenvalue weighted by Gasteiger charge is -2.10. The van der Waals surface area contributed by atoms with Crippen molar-refractivity contribution in [3.63, 3.8) is 0 Å². The molecule has 0 aliphatic rings. The Morgan fingerprint density at radius 3 is 2.39 bits per heavy atom. The quantitative estimate of drug-likeness (QED) is 0.772. The molecule has 0 unspecified atom stereocenters. The first-order chi connectivity index (χ1) is 11.0. The highest BCUT2D eigenvalue weighted by molar-refractivity contribution is 5.83. The van der Waals surface area contributed by atoms with Gasteiger partial charge in [-0.3, -0.25) is 4.79 Å². The van der Waals surface area contributed by atoms with Crippen LogP contribution in [0.4, 0.5) is 0 Å². The average Bonchev–Trinajstić information content (AvgIpc) is 2.57. The Kier molecular flexibility index (Phi) is 3.57. The number of benzene rings is 2. The van der Waals surface area contributed by atoms with E-state index in [9.17, 15) is 15.0 Å². The van der Waals surface area contributed by atoms with E-state index in [0.29, 0.717) is 17.1 Å². The molecule has 0 aliphatic carbocycles. The van der Waals surface area contributed by atoms with Crippen LogP contribution in [0.25, 0.3) is 22.3 Å². The molecule has 23 heavy (non-hydrogen) atoms. The van der Waals surface area contributed by atoms with Gasteiger partial charge in [0.05, 0.1) is 19.6 Å². The van der Waals surface area contributed by atoms with Gasteiger partial charge in [0, 0.05) is 11.6 Å². The lowest BCUT2D eigenvalue weighted by Crippen LogP contribution is -2.02. The molecule has 0 saturated carbocycles. The number of phenolic OH excluding ortho intramolecular Hbond substituents is 1. The molecule has 0 bridgehead atoms. The summed E-state index contributed by atoms with van der Waals surface area (Å²) in [6.07, 6.45) is 0. The standard InChI is InChI=1S/C17H14O6/c1-21-12-6-3-9(7-14(12)22-2)17-16(20)15(19)11-5-4-10(18)8-13(11)23-17/h3-8,18,20H,1-2H3. The molecule has 2 N–H and O–H groups in total. The first-order valence-corrected chi connectivity index (χ1v) is 6.76. The Balaban J connectivity index is 2.28. The van der Waals surface area contributed by atoms with Crippen LogP contribution in [0.2, 0.25) is 0 Å². The van der Waals surface area contributed by atoms with Gasteiger partial charge in [-0.25, -0.2) is 0 Å². The second-order valence-corrected chi connectivity index (χ2v) is 4.86. The fraction of sp³-hybridized carbons (Fsp3) is 0.118. The number of phenols is 1. The smallest absolute Gasteiger partial charge is 0.235 e. The van der Waals surface area contributed by atoms with Gasteiger partial charge in [0.15, 0.2) is 17.3 Å². The molecule has 0 aliphatic heterocycles. The first kappa shape index (κ1) is 14.8. The zero-order chi connectivity index (χ0) is 16.6. The van der Waals surface area contributed by atoms with Gasteiger partial charge in [0.25, 0.3) is 0 Å². The third-order valence-corrected chi connectivity index (χ3v) is 3.50. The van der Waals surface area contributed by atoms with Crippen molar-refractivity contribution in [3.8, 4) is 34.3 Å². The highest BCUT2D eigenvalue weighted by atomic mass is 16.5. The molecule has 0 amide bonds. The van der Waals surface area contributed by atoms with E-state index in [4.69, 9.17) is 13.9 Å². The summed E-state index contributed by atoms with van der Waals surface area (Å²) >= 11 is 0. The SMILES string of the molecule is COc1ccc(-c2oc3cc(O)ccc3c(=O)c2O)cc1OC. The predicted molar refractivity (Wildman–Crippen MR) is 84.4 cm³/mol. The van der Waals surface area contributed by atoms with Crippen LogP contribution in [0, 0.1) is 0 Å². The van der Waals surface area contributed by atoms with Crippen molar-refractivity contribution >= 4 is 11.0 Å². The summed E-state index contributed by atoms with van der Waals surface area (Å²) in [5.41, 5.74) is 0.0520. The maximum absolute atomic E-state index is 12.3. The highest BCUT2D eigenvalue weighted by Crippen LogP contribution is 2.36. The van der Waals surface area contributed by atoms with Crippen molar-refractivity contribution in [3.05, 3.63) is 46.6 Å². The number of methoxy groups -OCH3 is 2. The van der Waals surface area contributed by atoms with Crippen molar-refractivity contribution in [1.82, 2.24) is 0 Å². The maximum atomic E-state index is 12.3. The summed E-state index contributed by atoms with van der Waals surface area (Å²) in [5, 5.41) is 19.9. The topological polar surface area (TPSA) is 89.1 Å². The summed E-state index contributed by atoms with van der Waals surface area (Å²) in [4.78, 5) is 12.3. The van der Waals surface area contributed by atoms with E-state index in [-0.39, 0.29) is 22.5 Å². The van der Waals surface area contributed by atoms with E-state index in [1.54, 1.807) is 18.2 Å². The van der Waals surface area contributed by atoms with E-state index in [1.165, 1.54) is 32.4 Å². The second kappa shape index (κ2) is 5.57. The summed E-state index contributed by atoms with van der Waals surface area (Å²) < 4.78 is 16.0. The largest absolute Gasteiger partial charge is 0.508 e. The van der Waals surface area contributed by atoms with Crippen LogP contribution < -0.4 is 14.9 Å². The molecule has 0 radical (unpaired) electrons. The Morgan fingerprint density at radius 2 is 1.70 bits per heavy atom. The Morgan fingerprint density at radius 1 is 0.957 bits per heavy atom. The van der Waals surface area contributed by atoms with Gasteiger partial charge >= 0.3 is 0 Å². The molecule has 6 nitrogen and oxygen atoms in total. The van der Waals surface area contributed by atoms with Crippen LogP contribution in [-0.2, 0) is 0 Å². The second-order valence-electron chi connectivity index (χ2n) is 4.86. The molecule has 3 rings (SSSR count). The van der Waals surface area contributed by atoms with Crippen molar-refractivity contribution < 1.29 is 24.1 Å². The first-order valence-electron chi connectivity index (χ1n) is 6.76. The summed E-state index contributed by atoms with van der Waals surface area (Å²) in [5.74, 6) is 0.397. The van der Waals surface area contributed by atoms with E-state index < -0.39 is 11.2 Å². The number of ether oxygens (including phenoxy) is 2. The highest BCUT2D eigenvalue weighted by Gasteiger charge is 2.17. The van der Waals surface area contributed by atoms with Gasteiger partial charge in [0.2, 0.25) is 11.2 Å². The van der Waals surface area contributed by atoms with E-state index >= 15 is 0 Å². The number of hydrogen-bond acceptors (Lipinski definition) is 6. The van der Waals surface area contributed by atoms with Gasteiger partial charge in [-0.2, -0.15) is 0 Å². The fourth-order valence-electron chi connectivity index (χ4n) is 2.35. The maximum Gasteiger partial charge on any atom is 0.235 e. The third kappa shape index (κ3) is 2.44. The fourth-order valence-corrected chi connectivity index (χ4v) is 2.35. The summed E-state index contributed by atoms with van der Waals surface area (Å²) in [6, 6.07) is 8.93. The number of aromatic hydroxyl groups is 2. The van der Waals surface area contributed by atoms with Crippen LogP contribution in [-0.4, -0.2) is 24.4 Å². The van der Waals surface area contributed by atoms with Gasteiger partial charge in [-0.15, -0.1) is 0 Å². The molecular formula is C17H14O6. The molecule has 6 heteroatoms. The van der Waals surface area contributed by atoms with Crippen molar-refractivity contribution in [2.75, 3.05) is 14.2 Å². The minimum atomic E-state index is -0.573. The van der Waals surface area contributed by atoms with Crippen LogP contribution in [0.15, 0.2) is 45.6 Å². The minimum Gasteiger partial charge on any atom is -0.508 e. The van der Waals surface area contributed by atoms with Crippen LogP contribution >= 0.6 is 0 Å². The number of rotatable bonds is 3. The average molecular weight is 314 g/mol. The Hall–Kier alpha value is -3.15. The van der Waals surface area contributed by atoms with Crippen molar-refractivity contribution in [2.45, 2.75) is 0 Å². The van der Waals surface area contributed by atoms with Crippen molar-refractivity contribution in [1.29, 1.82) is 0 Å². The van der Waals surface area contributed by atoms with Gasteiger partial charge < -0.3 is 24.1 Å².